The average Bonchev–Trinajstić information content (AvgIpc) is 2.44. The van der Waals surface area contributed by atoms with E-state index in [-0.39, 0.29) is 12.1 Å². The fourth-order valence-corrected chi connectivity index (χ4v) is 2.72. The van der Waals surface area contributed by atoms with Crippen LogP contribution in [0.25, 0.3) is 0 Å². The summed E-state index contributed by atoms with van der Waals surface area (Å²) in [7, 11) is 2.10. The zero-order valence-corrected chi connectivity index (χ0v) is 13.6. The summed E-state index contributed by atoms with van der Waals surface area (Å²) in [6.07, 6.45) is 0.0812. The Bertz CT molecular complexity index is 519. The van der Waals surface area contributed by atoms with Gasteiger partial charge in [-0.2, -0.15) is 5.26 Å². The van der Waals surface area contributed by atoms with E-state index in [1.807, 2.05) is 32.0 Å². The second-order valence-corrected chi connectivity index (χ2v) is 6.13. The normalized spacial score (nSPS) is 18.5. The minimum Gasteiger partial charge on any atom is -0.489 e. The van der Waals surface area contributed by atoms with Crippen LogP contribution in [0, 0.1) is 11.3 Å². The zero-order valence-electron chi connectivity index (χ0n) is 12.8. The lowest BCUT2D eigenvalue weighted by Crippen LogP contribution is -2.45. The first-order valence-electron chi connectivity index (χ1n) is 7.29. The van der Waals surface area contributed by atoms with Crippen LogP contribution in [0.3, 0.4) is 0 Å². The van der Waals surface area contributed by atoms with Gasteiger partial charge < -0.3 is 9.64 Å². The molecule has 114 valence electrons. The van der Waals surface area contributed by atoms with Crippen LogP contribution in [0.15, 0.2) is 18.2 Å². The zero-order chi connectivity index (χ0) is 15.4. The van der Waals surface area contributed by atoms with Crippen LogP contribution in [0.2, 0.25) is 5.02 Å². The Morgan fingerprint density at radius 3 is 2.43 bits per heavy atom. The molecule has 1 aromatic carbocycles. The number of halogens is 1. The summed E-state index contributed by atoms with van der Waals surface area (Å²) in [6, 6.07) is 7.80. The van der Waals surface area contributed by atoms with Crippen molar-refractivity contribution >= 4 is 11.6 Å². The summed E-state index contributed by atoms with van der Waals surface area (Å²) in [5.74, 6) is 0.672. The van der Waals surface area contributed by atoms with Gasteiger partial charge >= 0.3 is 0 Å². The van der Waals surface area contributed by atoms with Gasteiger partial charge in [0.2, 0.25) is 0 Å². The molecule has 0 saturated carbocycles. The van der Waals surface area contributed by atoms with Crippen LogP contribution in [0.4, 0.5) is 0 Å². The van der Waals surface area contributed by atoms with Gasteiger partial charge in [-0.1, -0.05) is 17.7 Å². The monoisotopic (exact) mass is 307 g/mol. The molecule has 1 unspecified atom stereocenters. The number of nitriles is 1. The van der Waals surface area contributed by atoms with E-state index in [4.69, 9.17) is 16.3 Å². The molecule has 21 heavy (non-hydrogen) atoms. The Labute approximate surface area is 131 Å². The summed E-state index contributed by atoms with van der Waals surface area (Å²) < 4.78 is 5.64. The summed E-state index contributed by atoms with van der Waals surface area (Å²) in [4.78, 5) is 4.48. The highest BCUT2D eigenvalue weighted by molar-refractivity contribution is 6.32. The average molecular weight is 308 g/mol. The van der Waals surface area contributed by atoms with Crippen LogP contribution in [0.5, 0.6) is 5.75 Å². The third-order valence-corrected chi connectivity index (χ3v) is 3.96. The maximum Gasteiger partial charge on any atom is 0.138 e. The lowest BCUT2D eigenvalue weighted by Gasteiger charge is -2.35. The van der Waals surface area contributed by atoms with Crippen LogP contribution >= 0.6 is 11.6 Å². The molecule has 1 saturated heterocycles. The van der Waals surface area contributed by atoms with Crippen molar-refractivity contribution in [3.8, 4) is 11.8 Å². The molecule has 1 aliphatic heterocycles. The molecule has 1 fully saturated rings. The molecule has 5 heteroatoms. The highest BCUT2D eigenvalue weighted by Gasteiger charge is 2.24. The van der Waals surface area contributed by atoms with Crippen molar-refractivity contribution in [3.63, 3.8) is 0 Å². The highest BCUT2D eigenvalue weighted by Crippen LogP contribution is 2.30. The van der Waals surface area contributed by atoms with Crippen LogP contribution in [0.1, 0.15) is 25.5 Å². The standard InChI is InChI=1S/C16H22ClN3O/c1-12(2)21-16-5-4-13(10-14(16)17)15(11-18)20-8-6-19(3)7-9-20/h4-5,10,12,15H,6-9H2,1-3H3. The summed E-state index contributed by atoms with van der Waals surface area (Å²) in [6.45, 7) is 7.70. The second kappa shape index (κ2) is 7.13. The van der Waals surface area contributed by atoms with Gasteiger partial charge in [0.05, 0.1) is 17.2 Å². The number of piperazine rings is 1. The molecule has 1 aromatic rings. The van der Waals surface area contributed by atoms with Crippen molar-refractivity contribution < 1.29 is 4.74 Å². The Hall–Kier alpha value is -1.28. The first-order valence-corrected chi connectivity index (χ1v) is 7.67. The van der Waals surface area contributed by atoms with Crippen molar-refractivity contribution in [2.24, 2.45) is 0 Å². The second-order valence-electron chi connectivity index (χ2n) is 5.73. The number of benzene rings is 1. The fourth-order valence-electron chi connectivity index (χ4n) is 2.48. The lowest BCUT2D eigenvalue weighted by molar-refractivity contribution is 0.133. The minimum absolute atomic E-state index is 0.0812. The molecule has 0 radical (unpaired) electrons. The van der Waals surface area contributed by atoms with Gasteiger partial charge in [-0.3, -0.25) is 4.90 Å². The van der Waals surface area contributed by atoms with Gasteiger partial charge in [0.25, 0.3) is 0 Å². The maximum absolute atomic E-state index is 9.52. The maximum atomic E-state index is 9.52. The number of ether oxygens (including phenoxy) is 1. The summed E-state index contributed by atoms with van der Waals surface area (Å²) in [5.41, 5.74) is 0.933. The Balaban J connectivity index is 2.15. The molecule has 0 N–H and O–H groups in total. The van der Waals surface area contributed by atoms with Crippen molar-refractivity contribution in [3.05, 3.63) is 28.8 Å². The number of nitrogens with zero attached hydrogens (tertiary/aromatic N) is 3. The Morgan fingerprint density at radius 2 is 1.90 bits per heavy atom. The van der Waals surface area contributed by atoms with E-state index in [0.29, 0.717) is 10.8 Å². The smallest absolute Gasteiger partial charge is 0.138 e. The summed E-state index contributed by atoms with van der Waals surface area (Å²) in [5, 5.41) is 10.1. The molecule has 2 rings (SSSR count). The predicted molar refractivity (Wildman–Crippen MR) is 84.6 cm³/mol. The first kappa shape index (κ1) is 16.1. The van der Waals surface area contributed by atoms with E-state index in [1.54, 1.807) is 0 Å². The molecular formula is C16H22ClN3O. The number of hydrogen-bond acceptors (Lipinski definition) is 4. The largest absolute Gasteiger partial charge is 0.489 e. The van der Waals surface area contributed by atoms with Crippen molar-refractivity contribution in [2.75, 3.05) is 33.2 Å². The quantitative estimate of drug-likeness (QED) is 0.857. The lowest BCUT2D eigenvalue weighted by atomic mass is 10.1. The molecule has 0 amide bonds. The summed E-state index contributed by atoms with van der Waals surface area (Å²) >= 11 is 6.28. The molecule has 0 aliphatic carbocycles. The number of hydrogen-bond donors (Lipinski definition) is 0. The van der Waals surface area contributed by atoms with Gasteiger partial charge in [0.1, 0.15) is 11.8 Å². The van der Waals surface area contributed by atoms with Gasteiger partial charge in [0.15, 0.2) is 0 Å². The molecule has 1 heterocycles. The molecule has 1 atom stereocenters. The third-order valence-electron chi connectivity index (χ3n) is 3.66. The van der Waals surface area contributed by atoms with E-state index in [9.17, 15) is 5.26 Å². The molecule has 4 nitrogen and oxygen atoms in total. The number of likely N-dealkylation sites (N-methyl/N-ethyl adjacent to an activating group) is 1. The minimum atomic E-state index is -0.246. The van der Waals surface area contributed by atoms with Gasteiger partial charge in [0, 0.05) is 26.2 Å². The molecule has 1 aliphatic rings. The van der Waals surface area contributed by atoms with Crippen molar-refractivity contribution in [1.29, 1.82) is 5.26 Å². The van der Waals surface area contributed by atoms with Crippen molar-refractivity contribution in [2.45, 2.75) is 26.0 Å². The van der Waals surface area contributed by atoms with E-state index in [0.717, 1.165) is 31.7 Å². The molecule has 0 bridgehead atoms. The van der Waals surface area contributed by atoms with E-state index in [2.05, 4.69) is 22.9 Å². The third kappa shape index (κ3) is 4.10. The van der Waals surface area contributed by atoms with Crippen LogP contribution < -0.4 is 4.74 Å². The van der Waals surface area contributed by atoms with Gasteiger partial charge in [-0.25, -0.2) is 0 Å². The SMILES string of the molecule is CC(C)Oc1ccc(C(C#N)N2CCN(C)CC2)cc1Cl. The van der Waals surface area contributed by atoms with E-state index in [1.165, 1.54) is 0 Å². The van der Waals surface area contributed by atoms with E-state index < -0.39 is 0 Å². The fraction of sp³-hybridized carbons (Fsp3) is 0.562. The highest BCUT2D eigenvalue weighted by atomic mass is 35.5. The van der Waals surface area contributed by atoms with Gasteiger partial charge in [-0.15, -0.1) is 0 Å². The van der Waals surface area contributed by atoms with Crippen molar-refractivity contribution in [1.82, 2.24) is 9.80 Å². The first-order chi connectivity index (χ1) is 10.0. The van der Waals surface area contributed by atoms with E-state index >= 15 is 0 Å². The number of rotatable bonds is 4. The molecule has 0 spiro atoms. The van der Waals surface area contributed by atoms with Crippen LogP contribution in [-0.2, 0) is 0 Å². The Morgan fingerprint density at radius 1 is 1.24 bits per heavy atom. The molecule has 0 aromatic heterocycles. The van der Waals surface area contributed by atoms with Gasteiger partial charge in [-0.05, 0) is 38.6 Å². The Kier molecular flexibility index (Phi) is 5.46. The molecular weight excluding hydrogens is 286 g/mol. The predicted octanol–water partition coefficient (Wildman–Crippen LogP) is 2.94. The topological polar surface area (TPSA) is 39.5 Å². The van der Waals surface area contributed by atoms with Crippen LogP contribution in [-0.4, -0.2) is 49.1 Å².